The lowest BCUT2D eigenvalue weighted by Gasteiger charge is -2.09. The quantitative estimate of drug-likeness (QED) is 0.872. The summed E-state index contributed by atoms with van der Waals surface area (Å²) in [5, 5.41) is 5.81. The van der Waals surface area contributed by atoms with E-state index in [0.717, 1.165) is 12.0 Å². The van der Waals surface area contributed by atoms with Gasteiger partial charge in [0, 0.05) is 23.6 Å². The van der Waals surface area contributed by atoms with Crippen molar-refractivity contribution in [3.05, 3.63) is 58.9 Å². The first-order chi connectivity index (χ1) is 11.5. The molecule has 4 nitrogen and oxygen atoms in total. The SMILES string of the molecule is CC(=O)Nc1cc(NC(=O)C2CC2c2ccccc2Cl)ccc1F. The molecule has 1 aliphatic carbocycles. The van der Waals surface area contributed by atoms with E-state index in [1.165, 1.54) is 25.1 Å². The summed E-state index contributed by atoms with van der Waals surface area (Å²) < 4.78 is 13.6. The van der Waals surface area contributed by atoms with Crippen molar-refractivity contribution in [1.82, 2.24) is 0 Å². The van der Waals surface area contributed by atoms with Gasteiger partial charge in [-0.2, -0.15) is 0 Å². The molecule has 0 saturated heterocycles. The maximum Gasteiger partial charge on any atom is 0.228 e. The highest BCUT2D eigenvalue weighted by Crippen LogP contribution is 2.50. The Balaban J connectivity index is 1.68. The first kappa shape index (κ1) is 16.5. The second-order valence-electron chi connectivity index (χ2n) is 5.84. The van der Waals surface area contributed by atoms with Gasteiger partial charge in [0.1, 0.15) is 5.82 Å². The summed E-state index contributed by atoms with van der Waals surface area (Å²) in [4.78, 5) is 23.4. The molecule has 6 heteroatoms. The van der Waals surface area contributed by atoms with Gasteiger partial charge in [0.15, 0.2) is 0 Å². The second kappa shape index (κ2) is 6.61. The van der Waals surface area contributed by atoms with Crippen molar-refractivity contribution in [2.24, 2.45) is 5.92 Å². The summed E-state index contributed by atoms with van der Waals surface area (Å²) in [6.45, 7) is 1.29. The molecule has 2 atom stereocenters. The Labute approximate surface area is 144 Å². The zero-order valence-corrected chi connectivity index (χ0v) is 13.7. The van der Waals surface area contributed by atoms with Gasteiger partial charge in [-0.3, -0.25) is 9.59 Å². The Bertz CT molecular complexity index is 809. The van der Waals surface area contributed by atoms with Gasteiger partial charge in [-0.15, -0.1) is 0 Å². The number of hydrogen-bond acceptors (Lipinski definition) is 2. The highest BCUT2D eigenvalue weighted by molar-refractivity contribution is 6.31. The molecule has 3 rings (SSSR count). The third kappa shape index (κ3) is 3.57. The molecule has 124 valence electrons. The van der Waals surface area contributed by atoms with Gasteiger partial charge in [0.25, 0.3) is 0 Å². The van der Waals surface area contributed by atoms with Crippen molar-refractivity contribution < 1.29 is 14.0 Å². The molecule has 1 aliphatic rings. The van der Waals surface area contributed by atoms with E-state index in [2.05, 4.69) is 10.6 Å². The molecule has 0 bridgehead atoms. The maximum absolute atomic E-state index is 13.6. The third-order valence-electron chi connectivity index (χ3n) is 3.98. The van der Waals surface area contributed by atoms with E-state index >= 15 is 0 Å². The minimum Gasteiger partial charge on any atom is -0.326 e. The van der Waals surface area contributed by atoms with Crippen LogP contribution < -0.4 is 10.6 Å². The van der Waals surface area contributed by atoms with Crippen LogP contribution in [0.5, 0.6) is 0 Å². The van der Waals surface area contributed by atoms with Crippen molar-refractivity contribution >= 4 is 34.8 Å². The van der Waals surface area contributed by atoms with Crippen LogP contribution in [-0.2, 0) is 9.59 Å². The smallest absolute Gasteiger partial charge is 0.228 e. The second-order valence-corrected chi connectivity index (χ2v) is 6.24. The lowest BCUT2D eigenvalue weighted by atomic mass is 10.1. The number of benzene rings is 2. The molecule has 2 N–H and O–H groups in total. The van der Waals surface area contributed by atoms with Crippen molar-refractivity contribution in [2.75, 3.05) is 10.6 Å². The Hall–Kier alpha value is -2.40. The topological polar surface area (TPSA) is 58.2 Å². The molecule has 0 heterocycles. The Kier molecular flexibility index (Phi) is 4.53. The largest absolute Gasteiger partial charge is 0.326 e. The molecular weight excluding hydrogens is 331 g/mol. The summed E-state index contributed by atoms with van der Waals surface area (Å²) >= 11 is 6.16. The van der Waals surface area contributed by atoms with Crippen molar-refractivity contribution in [1.29, 1.82) is 0 Å². The number of amides is 2. The van der Waals surface area contributed by atoms with Gasteiger partial charge in [0.05, 0.1) is 5.69 Å². The Morgan fingerprint density at radius 1 is 1.17 bits per heavy atom. The number of carbonyl (C=O) groups is 2. The van der Waals surface area contributed by atoms with Crippen LogP contribution in [0, 0.1) is 11.7 Å². The average Bonchev–Trinajstić information content (AvgIpc) is 3.31. The molecule has 2 amide bonds. The van der Waals surface area contributed by atoms with Crippen molar-refractivity contribution in [3.63, 3.8) is 0 Å². The normalized spacial score (nSPS) is 18.8. The summed E-state index contributed by atoms with van der Waals surface area (Å²) in [7, 11) is 0. The molecule has 0 spiro atoms. The van der Waals surface area contributed by atoms with E-state index in [4.69, 9.17) is 11.6 Å². The van der Waals surface area contributed by atoms with Crippen LogP contribution in [0.2, 0.25) is 5.02 Å². The predicted octanol–water partition coefficient (Wildman–Crippen LogP) is 4.18. The summed E-state index contributed by atoms with van der Waals surface area (Å²) in [5.74, 6) is -1.12. The molecule has 0 aromatic heterocycles. The number of anilines is 2. The van der Waals surface area contributed by atoms with Crippen LogP contribution in [0.25, 0.3) is 0 Å². The minimum atomic E-state index is -0.552. The molecule has 1 saturated carbocycles. The van der Waals surface area contributed by atoms with Gasteiger partial charge >= 0.3 is 0 Å². The standard InChI is InChI=1S/C18H16ClFN2O2/c1-10(23)21-17-8-11(6-7-16(17)20)22-18(24)14-9-13(14)12-4-2-3-5-15(12)19/h2-8,13-14H,9H2,1H3,(H,21,23)(H,22,24). The predicted molar refractivity (Wildman–Crippen MR) is 91.6 cm³/mol. The maximum atomic E-state index is 13.6. The van der Waals surface area contributed by atoms with E-state index < -0.39 is 5.82 Å². The van der Waals surface area contributed by atoms with E-state index in [-0.39, 0.29) is 29.3 Å². The molecule has 2 aromatic carbocycles. The van der Waals surface area contributed by atoms with Crippen LogP contribution in [-0.4, -0.2) is 11.8 Å². The van der Waals surface area contributed by atoms with Gasteiger partial charge in [-0.1, -0.05) is 29.8 Å². The van der Waals surface area contributed by atoms with Gasteiger partial charge in [-0.25, -0.2) is 4.39 Å². The Morgan fingerprint density at radius 2 is 1.92 bits per heavy atom. The van der Waals surface area contributed by atoms with Gasteiger partial charge < -0.3 is 10.6 Å². The minimum absolute atomic E-state index is 0.0405. The lowest BCUT2D eigenvalue weighted by molar-refractivity contribution is -0.117. The highest BCUT2D eigenvalue weighted by Gasteiger charge is 2.44. The van der Waals surface area contributed by atoms with E-state index in [1.54, 1.807) is 0 Å². The summed E-state index contributed by atoms with van der Waals surface area (Å²) in [6.07, 6.45) is 0.731. The molecular formula is C18H16ClFN2O2. The molecule has 0 aliphatic heterocycles. The Morgan fingerprint density at radius 3 is 2.62 bits per heavy atom. The first-order valence-electron chi connectivity index (χ1n) is 7.58. The zero-order chi connectivity index (χ0) is 17.3. The lowest BCUT2D eigenvalue weighted by Crippen LogP contribution is -2.15. The fourth-order valence-corrected chi connectivity index (χ4v) is 3.00. The van der Waals surface area contributed by atoms with E-state index in [9.17, 15) is 14.0 Å². The van der Waals surface area contributed by atoms with Crippen molar-refractivity contribution in [3.8, 4) is 0 Å². The highest BCUT2D eigenvalue weighted by atomic mass is 35.5. The summed E-state index contributed by atoms with van der Waals surface area (Å²) in [5.41, 5.74) is 1.45. The monoisotopic (exact) mass is 346 g/mol. The van der Waals surface area contributed by atoms with Crippen LogP contribution in [0.1, 0.15) is 24.8 Å². The molecule has 24 heavy (non-hydrogen) atoms. The van der Waals surface area contributed by atoms with Gasteiger partial charge in [0.2, 0.25) is 11.8 Å². The molecule has 0 radical (unpaired) electrons. The van der Waals surface area contributed by atoms with Crippen molar-refractivity contribution in [2.45, 2.75) is 19.3 Å². The number of nitrogens with one attached hydrogen (secondary N) is 2. The van der Waals surface area contributed by atoms with Crippen LogP contribution in [0.15, 0.2) is 42.5 Å². The number of rotatable bonds is 4. The van der Waals surface area contributed by atoms with E-state index in [0.29, 0.717) is 10.7 Å². The summed E-state index contributed by atoms with van der Waals surface area (Å²) in [6, 6.07) is 11.6. The average molecular weight is 347 g/mol. The fraction of sp³-hybridized carbons (Fsp3) is 0.222. The molecule has 1 fully saturated rings. The fourth-order valence-electron chi connectivity index (χ4n) is 2.73. The van der Waals surface area contributed by atoms with Gasteiger partial charge in [-0.05, 0) is 42.2 Å². The molecule has 2 unspecified atom stereocenters. The van der Waals surface area contributed by atoms with Crippen LogP contribution in [0.3, 0.4) is 0 Å². The number of carbonyl (C=O) groups excluding carboxylic acids is 2. The van der Waals surface area contributed by atoms with Crippen LogP contribution in [0.4, 0.5) is 15.8 Å². The number of hydrogen-bond donors (Lipinski definition) is 2. The molecule has 2 aromatic rings. The van der Waals surface area contributed by atoms with E-state index in [1.807, 2.05) is 24.3 Å². The van der Waals surface area contributed by atoms with Crippen LogP contribution >= 0.6 is 11.6 Å². The number of halogens is 2. The zero-order valence-electron chi connectivity index (χ0n) is 13.0. The first-order valence-corrected chi connectivity index (χ1v) is 7.96. The third-order valence-corrected chi connectivity index (χ3v) is 4.32.